The van der Waals surface area contributed by atoms with E-state index in [4.69, 9.17) is 4.42 Å². The van der Waals surface area contributed by atoms with Crippen molar-refractivity contribution in [3.63, 3.8) is 0 Å². The predicted octanol–water partition coefficient (Wildman–Crippen LogP) is 3.40. The van der Waals surface area contributed by atoms with E-state index in [2.05, 4.69) is 21.2 Å². The Morgan fingerprint density at radius 3 is 2.54 bits per heavy atom. The van der Waals surface area contributed by atoms with Gasteiger partial charge in [0.2, 0.25) is 0 Å². The molecule has 1 aromatic heterocycles. The topological polar surface area (TPSA) is 76.4 Å². The molecule has 0 unspecified atom stereocenters. The fraction of sp³-hybridized carbons (Fsp3) is 0.118. The number of furan rings is 1. The molecular formula is C17H14BrNO4S. The zero-order valence-corrected chi connectivity index (χ0v) is 14.9. The number of benzene rings is 2. The van der Waals surface area contributed by atoms with Crippen LogP contribution in [0.15, 0.2) is 68.4 Å². The lowest BCUT2D eigenvalue weighted by atomic mass is 10.2. The summed E-state index contributed by atoms with van der Waals surface area (Å²) in [4.78, 5) is 12.4. The number of nitrogens with one attached hydrogen (secondary N) is 1. The molecule has 3 aromatic rings. The first-order valence-electron chi connectivity index (χ1n) is 7.21. The summed E-state index contributed by atoms with van der Waals surface area (Å²) in [5, 5.41) is 3.38. The third-order valence-corrected chi connectivity index (χ3v) is 5.83. The number of halogens is 1. The number of hydrogen-bond acceptors (Lipinski definition) is 4. The number of fused-ring (bicyclic) bond motifs is 1. The molecule has 0 bridgehead atoms. The SMILES string of the molecule is O=C(NCCS(=O)(=O)c1ccccc1)c1cc2cccc(Br)c2o1. The van der Waals surface area contributed by atoms with Gasteiger partial charge in [-0.1, -0.05) is 30.3 Å². The Kier molecular flexibility index (Phi) is 4.73. The minimum Gasteiger partial charge on any atom is -0.450 e. The van der Waals surface area contributed by atoms with E-state index in [0.717, 1.165) is 9.86 Å². The number of carbonyl (C=O) groups is 1. The first kappa shape index (κ1) is 16.7. The van der Waals surface area contributed by atoms with Gasteiger partial charge in [-0.05, 0) is 40.2 Å². The van der Waals surface area contributed by atoms with Gasteiger partial charge >= 0.3 is 0 Å². The molecule has 5 nitrogen and oxygen atoms in total. The summed E-state index contributed by atoms with van der Waals surface area (Å²) in [5.41, 5.74) is 0.583. The molecule has 3 rings (SSSR count). The summed E-state index contributed by atoms with van der Waals surface area (Å²) >= 11 is 3.36. The first-order valence-corrected chi connectivity index (χ1v) is 9.66. The van der Waals surface area contributed by atoms with Crippen LogP contribution in [0.3, 0.4) is 0 Å². The second-order valence-electron chi connectivity index (χ2n) is 5.16. The van der Waals surface area contributed by atoms with E-state index in [1.807, 2.05) is 18.2 Å². The maximum Gasteiger partial charge on any atom is 0.287 e. The largest absolute Gasteiger partial charge is 0.450 e. The highest BCUT2D eigenvalue weighted by Crippen LogP contribution is 2.26. The summed E-state index contributed by atoms with van der Waals surface area (Å²) in [7, 11) is -3.42. The summed E-state index contributed by atoms with van der Waals surface area (Å²) in [5.74, 6) is -0.470. The standard InChI is InChI=1S/C17H14BrNO4S/c18-14-8-4-5-12-11-15(23-16(12)14)17(20)19-9-10-24(21,22)13-6-2-1-3-7-13/h1-8,11H,9-10H2,(H,19,20). The van der Waals surface area contributed by atoms with Crippen LogP contribution in [-0.2, 0) is 9.84 Å². The van der Waals surface area contributed by atoms with Crippen LogP contribution in [0.1, 0.15) is 10.6 Å². The lowest BCUT2D eigenvalue weighted by Crippen LogP contribution is -2.28. The summed E-state index contributed by atoms with van der Waals surface area (Å²) in [6.45, 7) is 0.00821. The van der Waals surface area contributed by atoms with Crippen LogP contribution in [0, 0.1) is 0 Å². The molecule has 1 heterocycles. The van der Waals surface area contributed by atoms with Gasteiger partial charge in [-0.3, -0.25) is 4.79 Å². The van der Waals surface area contributed by atoms with E-state index in [-0.39, 0.29) is 23.0 Å². The van der Waals surface area contributed by atoms with E-state index in [9.17, 15) is 13.2 Å². The van der Waals surface area contributed by atoms with Crippen molar-refractivity contribution in [2.75, 3.05) is 12.3 Å². The molecule has 0 aliphatic heterocycles. The molecule has 0 aliphatic carbocycles. The Hall–Kier alpha value is -2.12. The summed E-state index contributed by atoms with van der Waals surface area (Å²) in [6.07, 6.45) is 0. The quantitative estimate of drug-likeness (QED) is 0.702. The van der Waals surface area contributed by atoms with Crippen LogP contribution in [0.2, 0.25) is 0 Å². The molecule has 0 saturated carbocycles. The average Bonchev–Trinajstić information content (AvgIpc) is 3.01. The minimum absolute atomic E-state index is 0.00821. The molecule has 0 spiro atoms. The molecule has 0 radical (unpaired) electrons. The normalized spacial score (nSPS) is 11.5. The molecule has 7 heteroatoms. The van der Waals surface area contributed by atoms with Crippen LogP contribution in [0.25, 0.3) is 11.0 Å². The van der Waals surface area contributed by atoms with Crippen molar-refractivity contribution >= 4 is 42.6 Å². The van der Waals surface area contributed by atoms with Crippen LogP contribution < -0.4 is 5.32 Å². The number of amides is 1. The highest BCUT2D eigenvalue weighted by atomic mass is 79.9. The average molecular weight is 408 g/mol. The van der Waals surface area contributed by atoms with E-state index >= 15 is 0 Å². The van der Waals surface area contributed by atoms with Gasteiger partial charge in [-0.2, -0.15) is 0 Å². The fourth-order valence-electron chi connectivity index (χ4n) is 2.27. The molecular weight excluding hydrogens is 394 g/mol. The van der Waals surface area contributed by atoms with Crippen LogP contribution in [0.4, 0.5) is 0 Å². The Morgan fingerprint density at radius 2 is 1.83 bits per heavy atom. The third-order valence-electron chi connectivity index (χ3n) is 3.48. The van der Waals surface area contributed by atoms with Crippen LogP contribution in [-0.4, -0.2) is 26.6 Å². The van der Waals surface area contributed by atoms with Gasteiger partial charge < -0.3 is 9.73 Å². The molecule has 0 saturated heterocycles. The van der Waals surface area contributed by atoms with Crippen molar-refractivity contribution in [1.29, 1.82) is 0 Å². The fourth-order valence-corrected chi connectivity index (χ4v) is 3.91. The zero-order valence-electron chi connectivity index (χ0n) is 12.5. The number of para-hydroxylation sites is 1. The van der Waals surface area contributed by atoms with E-state index in [0.29, 0.717) is 5.58 Å². The first-order chi connectivity index (χ1) is 11.5. The Balaban J connectivity index is 1.66. The van der Waals surface area contributed by atoms with Crippen LogP contribution >= 0.6 is 15.9 Å². The molecule has 2 aromatic carbocycles. The van der Waals surface area contributed by atoms with Gasteiger partial charge in [0.15, 0.2) is 15.6 Å². The summed E-state index contributed by atoms with van der Waals surface area (Å²) < 4.78 is 30.6. The van der Waals surface area contributed by atoms with E-state index in [1.165, 1.54) is 12.1 Å². The Bertz CT molecular complexity index is 980. The Labute approximate surface area is 147 Å². The van der Waals surface area contributed by atoms with Crippen LogP contribution in [0.5, 0.6) is 0 Å². The second kappa shape index (κ2) is 6.78. The lowest BCUT2D eigenvalue weighted by molar-refractivity contribution is 0.0930. The van der Waals surface area contributed by atoms with E-state index < -0.39 is 15.7 Å². The number of sulfone groups is 1. The van der Waals surface area contributed by atoms with Crippen molar-refractivity contribution in [2.24, 2.45) is 0 Å². The van der Waals surface area contributed by atoms with Gasteiger partial charge in [-0.15, -0.1) is 0 Å². The molecule has 1 N–H and O–H groups in total. The molecule has 1 amide bonds. The monoisotopic (exact) mass is 407 g/mol. The summed E-state index contributed by atoms with van der Waals surface area (Å²) in [6, 6.07) is 15.3. The minimum atomic E-state index is -3.42. The van der Waals surface area contributed by atoms with E-state index in [1.54, 1.807) is 24.3 Å². The Morgan fingerprint density at radius 1 is 1.08 bits per heavy atom. The van der Waals surface area contributed by atoms with Gasteiger partial charge in [-0.25, -0.2) is 8.42 Å². The van der Waals surface area contributed by atoms with Gasteiger partial charge in [0.1, 0.15) is 5.58 Å². The maximum atomic E-state index is 12.2. The molecule has 24 heavy (non-hydrogen) atoms. The van der Waals surface area contributed by atoms with Gasteiger partial charge in [0, 0.05) is 11.9 Å². The van der Waals surface area contributed by atoms with Crippen molar-refractivity contribution in [3.05, 3.63) is 64.8 Å². The molecule has 0 atom stereocenters. The zero-order chi connectivity index (χ0) is 17.2. The smallest absolute Gasteiger partial charge is 0.287 e. The van der Waals surface area contributed by atoms with Crippen molar-refractivity contribution in [2.45, 2.75) is 4.90 Å². The molecule has 124 valence electrons. The third kappa shape index (κ3) is 3.52. The predicted molar refractivity (Wildman–Crippen MR) is 94.7 cm³/mol. The maximum absolute atomic E-state index is 12.2. The number of rotatable bonds is 5. The molecule has 0 aliphatic rings. The number of hydrogen-bond donors (Lipinski definition) is 1. The number of carbonyl (C=O) groups excluding carboxylic acids is 1. The highest BCUT2D eigenvalue weighted by Gasteiger charge is 2.17. The van der Waals surface area contributed by atoms with Gasteiger partial charge in [0.05, 0.1) is 15.1 Å². The van der Waals surface area contributed by atoms with Crippen molar-refractivity contribution < 1.29 is 17.6 Å². The second-order valence-corrected chi connectivity index (χ2v) is 8.12. The van der Waals surface area contributed by atoms with Crippen molar-refractivity contribution in [3.8, 4) is 0 Å². The van der Waals surface area contributed by atoms with Crippen molar-refractivity contribution in [1.82, 2.24) is 5.32 Å². The lowest BCUT2D eigenvalue weighted by Gasteiger charge is -2.05. The van der Waals surface area contributed by atoms with Gasteiger partial charge in [0.25, 0.3) is 5.91 Å². The molecule has 0 fully saturated rings. The highest BCUT2D eigenvalue weighted by molar-refractivity contribution is 9.10.